The lowest BCUT2D eigenvalue weighted by atomic mass is 10.2. The molecular weight excluding hydrogens is 302 g/mol. The highest BCUT2D eigenvalue weighted by Gasteiger charge is 2.27. The number of aryl methyl sites for hydroxylation is 1. The summed E-state index contributed by atoms with van der Waals surface area (Å²) in [5.74, 6) is -1.52. The van der Waals surface area contributed by atoms with E-state index in [-0.39, 0.29) is 17.9 Å². The summed E-state index contributed by atoms with van der Waals surface area (Å²) < 4.78 is 30.5. The van der Waals surface area contributed by atoms with Gasteiger partial charge in [0.05, 0.1) is 13.3 Å². The number of aromatic nitrogens is 2. The van der Waals surface area contributed by atoms with E-state index >= 15 is 0 Å². The van der Waals surface area contributed by atoms with Gasteiger partial charge in [-0.25, -0.2) is 13.4 Å². The van der Waals surface area contributed by atoms with Gasteiger partial charge in [-0.15, -0.1) is 0 Å². The van der Waals surface area contributed by atoms with Crippen molar-refractivity contribution in [3.63, 3.8) is 0 Å². The number of imidazole rings is 1. The lowest BCUT2D eigenvalue weighted by molar-refractivity contribution is -0.142. The van der Waals surface area contributed by atoms with Crippen LogP contribution >= 0.6 is 0 Å². The minimum absolute atomic E-state index is 0.209. The van der Waals surface area contributed by atoms with Crippen molar-refractivity contribution >= 4 is 22.0 Å². The number of carbonyl (C=O) groups is 2. The maximum Gasteiger partial charge on any atom is 0.321 e. The Kier molecular flexibility index (Phi) is 5.85. The second kappa shape index (κ2) is 7.18. The highest BCUT2D eigenvalue weighted by molar-refractivity contribution is 7.89. The predicted octanol–water partition coefficient (Wildman–Crippen LogP) is -0.343. The van der Waals surface area contributed by atoms with E-state index in [0.29, 0.717) is 12.2 Å². The van der Waals surface area contributed by atoms with Gasteiger partial charge in [0.15, 0.2) is 5.03 Å². The normalized spacial score (nSPS) is 12.9. The van der Waals surface area contributed by atoms with Crippen LogP contribution in [0, 0.1) is 0 Å². The molecule has 0 amide bonds. The number of esters is 1. The molecule has 118 valence electrons. The Morgan fingerprint density at radius 1 is 1.52 bits per heavy atom. The fourth-order valence-corrected chi connectivity index (χ4v) is 2.67. The van der Waals surface area contributed by atoms with Crippen molar-refractivity contribution in [2.24, 2.45) is 0 Å². The number of rotatable bonds is 8. The Labute approximate surface area is 121 Å². The third kappa shape index (κ3) is 4.83. The second-order valence-corrected chi connectivity index (χ2v) is 5.86. The van der Waals surface area contributed by atoms with Crippen LogP contribution in [-0.4, -0.2) is 48.6 Å². The first-order chi connectivity index (χ1) is 9.80. The number of nitrogens with zero attached hydrogens (tertiary/aromatic N) is 1. The van der Waals surface area contributed by atoms with Crippen LogP contribution in [0.15, 0.2) is 11.2 Å². The largest absolute Gasteiger partial charge is 0.480 e. The maximum atomic E-state index is 12.0. The summed E-state index contributed by atoms with van der Waals surface area (Å²) in [6.45, 7) is 1.79. The quantitative estimate of drug-likeness (QED) is 0.557. The Morgan fingerprint density at radius 3 is 2.67 bits per heavy atom. The molecule has 0 spiro atoms. The van der Waals surface area contributed by atoms with Crippen molar-refractivity contribution in [3.8, 4) is 0 Å². The van der Waals surface area contributed by atoms with E-state index < -0.39 is 28.0 Å². The van der Waals surface area contributed by atoms with E-state index in [2.05, 4.69) is 14.7 Å². The van der Waals surface area contributed by atoms with E-state index in [0.717, 1.165) is 6.20 Å². The van der Waals surface area contributed by atoms with Crippen molar-refractivity contribution in [2.75, 3.05) is 7.11 Å². The summed E-state index contributed by atoms with van der Waals surface area (Å²) >= 11 is 0. The average molecular weight is 319 g/mol. The van der Waals surface area contributed by atoms with Gasteiger partial charge >= 0.3 is 11.9 Å². The molecule has 0 unspecified atom stereocenters. The number of aromatic amines is 1. The fourth-order valence-electron chi connectivity index (χ4n) is 1.51. The van der Waals surface area contributed by atoms with Crippen LogP contribution in [0.4, 0.5) is 0 Å². The smallest absolute Gasteiger partial charge is 0.321 e. The van der Waals surface area contributed by atoms with Crippen LogP contribution in [0.5, 0.6) is 0 Å². The zero-order chi connectivity index (χ0) is 16.0. The van der Waals surface area contributed by atoms with E-state index in [1.807, 2.05) is 4.72 Å². The van der Waals surface area contributed by atoms with Gasteiger partial charge in [0, 0.05) is 12.8 Å². The number of H-pyrrole nitrogens is 1. The molecule has 0 fully saturated rings. The molecule has 1 aromatic heterocycles. The molecule has 0 saturated heterocycles. The van der Waals surface area contributed by atoms with Crippen molar-refractivity contribution in [1.29, 1.82) is 0 Å². The van der Waals surface area contributed by atoms with Crippen molar-refractivity contribution < 1.29 is 27.9 Å². The molecule has 0 bridgehead atoms. The number of nitrogens with one attached hydrogen (secondary N) is 2. The second-order valence-electron chi connectivity index (χ2n) is 4.17. The van der Waals surface area contributed by atoms with Crippen molar-refractivity contribution in [1.82, 2.24) is 14.7 Å². The molecule has 0 saturated carbocycles. The fraction of sp³-hybridized carbons (Fsp3) is 0.545. The zero-order valence-corrected chi connectivity index (χ0v) is 12.4. The molecule has 1 aromatic rings. The molecule has 10 heteroatoms. The molecule has 0 aliphatic carbocycles. The molecule has 0 radical (unpaired) electrons. The van der Waals surface area contributed by atoms with Gasteiger partial charge in [-0.3, -0.25) is 9.59 Å². The van der Waals surface area contributed by atoms with Gasteiger partial charge in [-0.2, -0.15) is 4.72 Å². The Hall–Kier alpha value is -1.94. The van der Waals surface area contributed by atoms with Gasteiger partial charge in [0.25, 0.3) is 10.0 Å². The average Bonchev–Trinajstić information content (AvgIpc) is 2.92. The topological polar surface area (TPSA) is 138 Å². The zero-order valence-electron chi connectivity index (χ0n) is 11.6. The first kappa shape index (κ1) is 17.1. The molecular formula is C11H17N3O6S. The van der Waals surface area contributed by atoms with Crippen LogP contribution in [0.3, 0.4) is 0 Å². The summed E-state index contributed by atoms with van der Waals surface area (Å²) in [4.78, 5) is 28.5. The summed E-state index contributed by atoms with van der Waals surface area (Å²) in [5.41, 5.74) is 0. The van der Waals surface area contributed by atoms with Crippen molar-refractivity contribution in [2.45, 2.75) is 37.3 Å². The number of hydrogen-bond acceptors (Lipinski definition) is 6. The minimum Gasteiger partial charge on any atom is -0.480 e. The number of carboxylic acids is 1. The lowest BCUT2D eigenvalue weighted by Crippen LogP contribution is -2.41. The predicted molar refractivity (Wildman–Crippen MR) is 71.0 cm³/mol. The summed E-state index contributed by atoms with van der Waals surface area (Å²) in [7, 11) is -2.88. The van der Waals surface area contributed by atoms with Gasteiger partial charge in [0.2, 0.25) is 0 Å². The van der Waals surface area contributed by atoms with Crippen LogP contribution in [0.25, 0.3) is 0 Å². The molecule has 1 rings (SSSR count). The van der Waals surface area contributed by atoms with E-state index in [1.165, 1.54) is 7.11 Å². The van der Waals surface area contributed by atoms with Gasteiger partial charge in [-0.1, -0.05) is 6.92 Å². The lowest BCUT2D eigenvalue weighted by Gasteiger charge is -2.13. The molecule has 3 N–H and O–H groups in total. The third-order valence-corrected chi connectivity index (χ3v) is 4.07. The van der Waals surface area contributed by atoms with Crippen LogP contribution in [-0.2, 0) is 30.8 Å². The van der Waals surface area contributed by atoms with Crippen molar-refractivity contribution in [3.05, 3.63) is 12.0 Å². The number of carboxylic acid groups (broad SMARTS) is 1. The van der Waals surface area contributed by atoms with Gasteiger partial charge < -0.3 is 14.8 Å². The first-order valence-corrected chi connectivity index (χ1v) is 7.64. The molecule has 9 nitrogen and oxygen atoms in total. The van der Waals surface area contributed by atoms with Gasteiger partial charge in [0.1, 0.15) is 11.9 Å². The molecule has 21 heavy (non-hydrogen) atoms. The number of sulfonamides is 1. The third-order valence-electron chi connectivity index (χ3n) is 2.69. The van der Waals surface area contributed by atoms with Crippen LogP contribution < -0.4 is 4.72 Å². The number of aliphatic carboxylic acids is 1. The minimum atomic E-state index is -4.05. The SMILES string of the molecule is CCc1ncc(S(=O)(=O)N[C@@H](CCC(=O)OC)C(=O)O)[nH]1. The Bertz CT molecular complexity index is 609. The van der Waals surface area contributed by atoms with E-state index in [1.54, 1.807) is 6.92 Å². The molecule has 0 aliphatic rings. The number of ether oxygens (including phenoxy) is 1. The highest BCUT2D eigenvalue weighted by atomic mass is 32.2. The number of carbonyl (C=O) groups excluding carboxylic acids is 1. The molecule has 1 atom stereocenters. The van der Waals surface area contributed by atoms with E-state index in [9.17, 15) is 18.0 Å². The summed E-state index contributed by atoms with van der Waals surface area (Å²) in [6.07, 6.45) is 1.20. The monoisotopic (exact) mass is 319 g/mol. The Morgan fingerprint density at radius 2 is 2.19 bits per heavy atom. The Balaban J connectivity index is 2.82. The standard InChI is InChI=1S/C11H17N3O6S/c1-3-8-12-6-9(13-8)21(18,19)14-7(11(16)17)4-5-10(15)20-2/h6-7,14H,3-5H2,1-2H3,(H,12,13)(H,16,17)/t7-/m0/s1. The van der Waals surface area contributed by atoms with E-state index in [4.69, 9.17) is 5.11 Å². The number of methoxy groups -OCH3 is 1. The molecule has 0 aromatic carbocycles. The maximum absolute atomic E-state index is 12.0. The summed E-state index contributed by atoms with van der Waals surface area (Å²) in [5, 5.41) is 8.80. The molecule has 1 heterocycles. The van der Waals surface area contributed by atoms with Gasteiger partial charge in [-0.05, 0) is 6.42 Å². The van der Waals surface area contributed by atoms with Crippen LogP contribution in [0.2, 0.25) is 0 Å². The first-order valence-electron chi connectivity index (χ1n) is 6.16. The summed E-state index contributed by atoms with van der Waals surface area (Å²) in [6, 6.07) is -1.43. The number of hydrogen-bond donors (Lipinski definition) is 3. The molecule has 0 aliphatic heterocycles. The highest BCUT2D eigenvalue weighted by Crippen LogP contribution is 2.09. The van der Waals surface area contributed by atoms with Crippen LogP contribution in [0.1, 0.15) is 25.6 Å².